The maximum atomic E-state index is 13.6. The number of hydrogen-bond acceptors (Lipinski definition) is 5. The normalized spacial score (nSPS) is 17.4. The number of carbonyl (C=O) groups excluding carboxylic acids is 1. The lowest BCUT2D eigenvalue weighted by molar-refractivity contribution is 0.0950. The predicted octanol–water partition coefficient (Wildman–Crippen LogP) is 4.99. The number of aryl methyl sites for hydroxylation is 2. The topological polar surface area (TPSA) is 81.3 Å². The van der Waals surface area contributed by atoms with E-state index in [4.69, 9.17) is 0 Å². The highest BCUT2D eigenvalue weighted by molar-refractivity contribution is 5.99. The summed E-state index contributed by atoms with van der Waals surface area (Å²) < 4.78 is 0. The van der Waals surface area contributed by atoms with Crippen LogP contribution in [0.15, 0.2) is 47.5 Å². The van der Waals surface area contributed by atoms with Crippen LogP contribution >= 0.6 is 0 Å². The molecule has 0 aliphatic heterocycles. The van der Waals surface area contributed by atoms with Crippen LogP contribution in [0.5, 0.6) is 0 Å². The van der Waals surface area contributed by atoms with E-state index < -0.39 is 0 Å². The molecule has 38 heavy (non-hydrogen) atoms. The summed E-state index contributed by atoms with van der Waals surface area (Å²) in [6.07, 6.45) is 8.17. The van der Waals surface area contributed by atoms with E-state index in [0.29, 0.717) is 23.2 Å². The van der Waals surface area contributed by atoms with Gasteiger partial charge < -0.3 is 20.1 Å². The summed E-state index contributed by atoms with van der Waals surface area (Å²) in [6.45, 7) is 9.05. The van der Waals surface area contributed by atoms with Gasteiger partial charge in [0.05, 0.1) is 0 Å². The first kappa shape index (κ1) is 27.6. The lowest BCUT2D eigenvalue weighted by Crippen LogP contribution is -2.42. The largest absolute Gasteiger partial charge is 0.369 e. The van der Waals surface area contributed by atoms with Crippen LogP contribution in [0.3, 0.4) is 0 Å². The Balaban J connectivity index is 1.68. The molecule has 0 bridgehead atoms. The lowest BCUT2D eigenvalue weighted by Gasteiger charge is -2.40. The van der Waals surface area contributed by atoms with E-state index >= 15 is 0 Å². The quantitative estimate of drug-likeness (QED) is 0.442. The second-order valence-corrected chi connectivity index (χ2v) is 10.7. The first-order valence-electron chi connectivity index (χ1n) is 13.6. The zero-order chi connectivity index (χ0) is 27.4. The fourth-order valence-corrected chi connectivity index (χ4v) is 5.82. The van der Waals surface area contributed by atoms with Gasteiger partial charge in [0.25, 0.3) is 11.5 Å². The molecular formula is C31H41N5O2. The molecule has 0 saturated heterocycles. The Labute approximate surface area is 226 Å². The number of nitrogens with one attached hydrogen (secondary N) is 2. The molecule has 2 heterocycles. The van der Waals surface area contributed by atoms with Crippen LogP contribution in [0.4, 0.5) is 5.69 Å². The van der Waals surface area contributed by atoms with Gasteiger partial charge in [0.15, 0.2) is 0 Å². The number of carbonyl (C=O) groups is 1. The van der Waals surface area contributed by atoms with Crippen molar-refractivity contribution >= 4 is 11.6 Å². The molecule has 202 valence electrons. The third kappa shape index (κ3) is 5.99. The number of anilines is 1. The van der Waals surface area contributed by atoms with Gasteiger partial charge in [0.2, 0.25) is 0 Å². The highest BCUT2D eigenvalue weighted by atomic mass is 16.1. The number of H-pyrrole nitrogens is 1. The molecule has 2 aromatic heterocycles. The zero-order valence-electron chi connectivity index (χ0n) is 23.6. The van der Waals surface area contributed by atoms with Gasteiger partial charge in [-0.3, -0.25) is 14.6 Å². The molecule has 1 fully saturated rings. The molecule has 0 radical (unpaired) electrons. The van der Waals surface area contributed by atoms with Gasteiger partial charge in [-0.2, -0.15) is 0 Å². The van der Waals surface area contributed by atoms with Crippen molar-refractivity contribution in [1.29, 1.82) is 0 Å². The molecule has 7 nitrogen and oxygen atoms in total. The molecule has 7 heteroatoms. The van der Waals surface area contributed by atoms with Gasteiger partial charge in [0, 0.05) is 60.1 Å². The monoisotopic (exact) mass is 515 g/mol. The Morgan fingerprint density at radius 2 is 1.66 bits per heavy atom. The van der Waals surface area contributed by atoms with Crippen LogP contribution < -0.4 is 15.8 Å². The number of benzene rings is 1. The highest BCUT2D eigenvalue weighted by Crippen LogP contribution is 2.35. The van der Waals surface area contributed by atoms with Crippen LogP contribution in [0, 0.1) is 20.8 Å². The smallest absolute Gasteiger partial charge is 0.253 e. The molecule has 2 N–H and O–H groups in total. The van der Waals surface area contributed by atoms with Crippen molar-refractivity contribution in [3.63, 3.8) is 0 Å². The standard InChI is InChI=1S/C31H41N5O2/c1-7-36(26-10-8-25(9-11-26)35(5)6)29-18-24(23-12-14-32-15-13-23)17-27(22(29)4)30(37)33-19-28-20(2)16-21(3)34-31(28)38/h12-18,25-26H,7-11,19H2,1-6H3,(H,33,37)(H,34,38). The van der Waals surface area contributed by atoms with Crippen LogP contribution in [-0.2, 0) is 6.54 Å². The van der Waals surface area contributed by atoms with E-state index in [9.17, 15) is 9.59 Å². The van der Waals surface area contributed by atoms with Gasteiger partial charge in [0.1, 0.15) is 0 Å². The number of aromatic nitrogens is 2. The number of rotatable bonds is 8. The molecule has 1 aromatic carbocycles. The second kappa shape index (κ2) is 11.9. The molecule has 1 amide bonds. The Kier molecular flexibility index (Phi) is 8.67. The Morgan fingerprint density at radius 3 is 2.26 bits per heavy atom. The summed E-state index contributed by atoms with van der Waals surface area (Å²) in [4.78, 5) is 38.0. The van der Waals surface area contributed by atoms with Crippen molar-refractivity contribution in [3.8, 4) is 11.1 Å². The molecule has 0 atom stereocenters. The summed E-state index contributed by atoms with van der Waals surface area (Å²) in [5, 5.41) is 3.02. The van der Waals surface area contributed by atoms with E-state index in [1.165, 1.54) is 12.8 Å². The highest BCUT2D eigenvalue weighted by Gasteiger charge is 2.28. The SMILES string of the molecule is CCN(c1cc(-c2ccncc2)cc(C(=O)NCc2c(C)cc(C)[nH]c2=O)c1C)C1CCC(N(C)C)CC1. The number of aromatic amines is 1. The summed E-state index contributed by atoms with van der Waals surface area (Å²) in [6, 6.07) is 11.1. The maximum Gasteiger partial charge on any atom is 0.253 e. The molecule has 1 aliphatic rings. The van der Waals surface area contributed by atoms with Gasteiger partial charge in [-0.15, -0.1) is 0 Å². The summed E-state index contributed by atoms with van der Waals surface area (Å²) in [5.41, 5.74) is 6.83. The Morgan fingerprint density at radius 1 is 1.00 bits per heavy atom. The summed E-state index contributed by atoms with van der Waals surface area (Å²) in [5.74, 6) is -0.175. The minimum atomic E-state index is -0.175. The van der Waals surface area contributed by atoms with E-state index in [0.717, 1.165) is 53.0 Å². The van der Waals surface area contributed by atoms with Crippen LogP contribution in [0.2, 0.25) is 0 Å². The van der Waals surface area contributed by atoms with E-state index in [1.54, 1.807) is 12.4 Å². The molecule has 0 spiro atoms. The van der Waals surface area contributed by atoms with Crippen LogP contribution in [-0.4, -0.2) is 53.5 Å². The van der Waals surface area contributed by atoms with Crippen LogP contribution in [0.25, 0.3) is 11.1 Å². The van der Waals surface area contributed by atoms with Crippen molar-refractivity contribution in [2.24, 2.45) is 0 Å². The van der Waals surface area contributed by atoms with E-state index in [1.807, 2.05) is 45.0 Å². The fraction of sp³-hybridized carbons (Fsp3) is 0.452. The molecule has 4 rings (SSSR count). The summed E-state index contributed by atoms with van der Waals surface area (Å²) in [7, 11) is 4.34. The number of hydrogen-bond donors (Lipinski definition) is 2. The van der Waals surface area contributed by atoms with Gasteiger partial charge in [-0.1, -0.05) is 0 Å². The molecular weight excluding hydrogens is 474 g/mol. The van der Waals surface area contributed by atoms with Crippen molar-refractivity contribution in [1.82, 2.24) is 20.2 Å². The molecule has 3 aromatic rings. The van der Waals surface area contributed by atoms with Gasteiger partial charge in [-0.25, -0.2) is 0 Å². The van der Waals surface area contributed by atoms with Crippen molar-refractivity contribution < 1.29 is 4.79 Å². The second-order valence-electron chi connectivity index (χ2n) is 10.7. The molecule has 1 aliphatic carbocycles. The maximum absolute atomic E-state index is 13.6. The average Bonchev–Trinajstić information content (AvgIpc) is 2.90. The minimum Gasteiger partial charge on any atom is -0.369 e. The molecule has 0 unspecified atom stereocenters. The van der Waals surface area contributed by atoms with Crippen molar-refractivity contribution in [2.45, 2.75) is 72.0 Å². The van der Waals surface area contributed by atoms with Crippen LogP contribution in [0.1, 0.15) is 65.3 Å². The predicted molar refractivity (Wildman–Crippen MR) is 155 cm³/mol. The lowest BCUT2D eigenvalue weighted by atomic mass is 9.88. The number of pyridine rings is 2. The number of nitrogens with zero attached hydrogens (tertiary/aromatic N) is 3. The third-order valence-electron chi connectivity index (χ3n) is 8.05. The number of amides is 1. The molecule has 1 saturated carbocycles. The summed E-state index contributed by atoms with van der Waals surface area (Å²) >= 11 is 0. The first-order valence-corrected chi connectivity index (χ1v) is 13.6. The zero-order valence-corrected chi connectivity index (χ0v) is 23.6. The van der Waals surface area contributed by atoms with E-state index in [2.05, 4.69) is 52.2 Å². The third-order valence-corrected chi connectivity index (χ3v) is 8.05. The van der Waals surface area contributed by atoms with Gasteiger partial charge in [-0.05, 0) is 120 Å². The van der Waals surface area contributed by atoms with E-state index in [-0.39, 0.29) is 18.0 Å². The van der Waals surface area contributed by atoms with Crippen molar-refractivity contribution in [3.05, 3.63) is 81.0 Å². The van der Waals surface area contributed by atoms with Gasteiger partial charge >= 0.3 is 0 Å². The van der Waals surface area contributed by atoms with Crippen molar-refractivity contribution in [2.75, 3.05) is 25.5 Å². The minimum absolute atomic E-state index is 0.156. The fourth-order valence-electron chi connectivity index (χ4n) is 5.82. The average molecular weight is 516 g/mol. The Hall–Kier alpha value is -3.45. The Bertz CT molecular complexity index is 1320. The first-order chi connectivity index (χ1) is 18.2.